The first-order valence-electron chi connectivity index (χ1n) is 10.4. The van der Waals surface area contributed by atoms with Crippen molar-refractivity contribution in [1.82, 2.24) is 20.0 Å². The zero-order valence-electron chi connectivity index (χ0n) is 17.7. The summed E-state index contributed by atoms with van der Waals surface area (Å²) >= 11 is 0. The molecule has 7 heteroatoms. The standard InChI is InChI=1S/C24H26F2N4O/c1-29(2)24(31)23-21-13-20(27-14-17-10-18(25)12-19(26)11-17)8-9-22(21)30(28-23)15-16-6-4-3-5-7-16/h3-7,10-12,20,27H,8-9,13-15H2,1-2H3. The SMILES string of the molecule is CN(C)C(=O)c1nn(Cc2ccccc2)c2c1CC(NCc1cc(F)cc(F)c1)CC2. The molecule has 162 valence electrons. The second kappa shape index (κ2) is 8.98. The third kappa shape index (κ3) is 4.82. The quantitative estimate of drug-likeness (QED) is 0.658. The highest BCUT2D eigenvalue weighted by Crippen LogP contribution is 2.27. The van der Waals surface area contributed by atoms with Crippen molar-refractivity contribution in [2.75, 3.05) is 14.1 Å². The van der Waals surface area contributed by atoms with Crippen LogP contribution >= 0.6 is 0 Å². The molecule has 1 aromatic heterocycles. The van der Waals surface area contributed by atoms with E-state index in [2.05, 4.69) is 10.4 Å². The lowest BCUT2D eigenvalue weighted by Gasteiger charge is -2.25. The molecule has 1 aliphatic rings. The van der Waals surface area contributed by atoms with Gasteiger partial charge in [-0.15, -0.1) is 0 Å². The predicted molar refractivity (Wildman–Crippen MR) is 115 cm³/mol. The summed E-state index contributed by atoms with van der Waals surface area (Å²) in [5.74, 6) is -1.27. The Kier molecular flexibility index (Phi) is 6.13. The van der Waals surface area contributed by atoms with Crippen LogP contribution in [0, 0.1) is 11.6 Å². The zero-order valence-corrected chi connectivity index (χ0v) is 17.7. The van der Waals surface area contributed by atoms with E-state index in [0.29, 0.717) is 30.8 Å². The molecule has 2 aromatic carbocycles. The molecule has 4 rings (SSSR count). The molecule has 0 fully saturated rings. The average Bonchev–Trinajstić information content (AvgIpc) is 3.09. The molecule has 3 aromatic rings. The van der Waals surface area contributed by atoms with E-state index in [1.165, 1.54) is 12.1 Å². The fourth-order valence-corrected chi connectivity index (χ4v) is 4.11. The van der Waals surface area contributed by atoms with Gasteiger partial charge in [0.25, 0.3) is 5.91 Å². The highest BCUT2D eigenvalue weighted by Gasteiger charge is 2.29. The molecule has 0 saturated carbocycles. The minimum absolute atomic E-state index is 0.0990. The normalized spacial score (nSPS) is 15.5. The second-order valence-electron chi connectivity index (χ2n) is 8.22. The fraction of sp³-hybridized carbons (Fsp3) is 0.333. The van der Waals surface area contributed by atoms with Crippen molar-refractivity contribution in [1.29, 1.82) is 0 Å². The molecule has 1 atom stereocenters. The Balaban J connectivity index is 1.55. The lowest BCUT2D eigenvalue weighted by Crippen LogP contribution is -2.35. The molecule has 1 aliphatic carbocycles. The molecular formula is C24H26F2N4O. The van der Waals surface area contributed by atoms with Gasteiger partial charge < -0.3 is 10.2 Å². The van der Waals surface area contributed by atoms with E-state index in [9.17, 15) is 13.6 Å². The summed E-state index contributed by atoms with van der Waals surface area (Å²) in [5, 5.41) is 8.07. The summed E-state index contributed by atoms with van der Waals surface area (Å²) in [6, 6.07) is 13.7. The largest absolute Gasteiger partial charge is 0.343 e. The minimum atomic E-state index is -0.580. The topological polar surface area (TPSA) is 50.2 Å². The number of amides is 1. The maximum atomic E-state index is 13.5. The van der Waals surface area contributed by atoms with E-state index < -0.39 is 11.6 Å². The first kappa shape index (κ1) is 21.2. The molecule has 0 radical (unpaired) electrons. The number of nitrogens with one attached hydrogen (secondary N) is 1. The molecule has 1 heterocycles. The van der Waals surface area contributed by atoms with Crippen LogP contribution < -0.4 is 5.32 Å². The smallest absolute Gasteiger partial charge is 0.274 e. The number of nitrogens with zero attached hydrogens (tertiary/aromatic N) is 3. The van der Waals surface area contributed by atoms with Crippen molar-refractivity contribution >= 4 is 5.91 Å². The molecule has 0 spiro atoms. The van der Waals surface area contributed by atoms with Gasteiger partial charge in [-0.05, 0) is 42.5 Å². The van der Waals surface area contributed by atoms with Crippen LogP contribution in [0.4, 0.5) is 8.78 Å². The summed E-state index contributed by atoms with van der Waals surface area (Å²) in [7, 11) is 3.45. The Hall–Kier alpha value is -3.06. The molecular weight excluding hydrogens is 398 g/mol. The van der Waals surface area contributed by atoms with Crippen molar-refractivity contribution in [3.63, 3.8) is 0 Å². The molecule has 31 heavy (non-hydrogen) atoms. The number of halogens is 2. The van der Waals surface area contributed by atoms with Gasteiger partial charge in [-0.1, -0.05) is 30.3 Å². The number of hydrogen-bond donors (Lipinski definition) is 1. The van der Waals surface area contributed by atoms with Gasteiger partial charge in [0.15, 0.2) is 5.69 Å². The van der Waals surface area contributed by atoms with Crippen LogP contribution in [0.25, 0.3) is 0 Å². The number of rotatable bonds is 6. The van der Waals surface area contributed by atoms with Gasteiger partial charge >= 0.3 is 0 Å². The summed E-state index contributed by atoms with van der Waals surface area (Å²) in [5.41, 5.74) is 4.23. The Bertz CT molecular complexity index is 1060. The van der Waals surface area contributed by atoms with Crippen molar-refractivity contribution in [3.8, 4) is 0 Å². The first-order chi connectivity index (χ1) is 14.9. The van der Waals surface area contributed by atoms with Crippen molar-refractivity contribution in [3.05, 3.63) is 88.2 Å². The van der Waals surface area contributed by atoms with Crippen molar-refractivity contribution in [2.24, 2.45) is 0 Å². The third-order valence-electron chi connectivity index (χ3n) is 5.65. The monoisotopic (exact) mass is 424 g/mol. The number of carbonyl (C=O) groups excluding carboxylic acids is 1. The fourth-order valence-electron chi connectivity index (χ4n) is 4.11. The lowest BCUT2D eigenvalue weighted by atomic mass is 9.91. The van der Waals surface area contributed by atoms with E-state index in [4.69, 9.17) is 0 Å². The average molecular weight is 424 g/mol. The van der Waals surface area contributed by atoms with E-state index >= 15 is 0 Å². The molecule has 1 unspecified atom stereocenters. The van der Waals surface area contributed by atoms with Crippen LogP contribution in [0.5, 0.6) is 0 Å². The maximum Gasteiger partial charge on any atom is 0.274 e. The van der Waals surface area contributed by atoms with Crippen LogP contribution in [0.3, 0.4) is 0 Å². The van der Waals surface area contributed by atoms with Gasteiger partial charge in [-0.3, -0.25) is 9.48 Å². The summed E-state index contributed by atoms with van der Waals surface area (Å²) in [6.07, 6.45) is 2.29. The molecule has 1 N–H and O–H groups in total. The van der Waals surface area contributed by atoms with E-state index in [1.807, 2.05) is 35.0 Å². The van der Waals surface area contributed by atoms with Crippen LogP contribution in [-0.4, -0.2) is 40.7 Å². The van der Waals surface area contributed by atoms with Crippen LogP contribution in [0.1, 0.15) is 39.3 Å². The van der Waals surface area contributed by atoms with Crippen molar-refractivity contribution < 1.29 is 13.6 Å². The van der Waals surface area contributed by atoms with Crippen LogP contribution in [0.2, 0.25) is 0 Å². The lowest BCUT2D eigenvalue weighted by molar-refractivity contribution is 0.0820. The summed E-state index contributed by atoms with van der Waals surface area (Å²) in [4.78, 5) is 14.3. The number of carbonyl (C=O) groups is 1. The molecule has 0 bridgehead atoms. The van der Waals surface area contributed by atoms with Crippen molar-refractivity contribution in [2.45, 2.75) is 38.4 Å². The Morgan fingerprint density at radius 1 is 1.13 bits per heavy atom. The molecule has 0 aliphatic heterocycles. The Labute approximate surface area is 180 Å². The Morgan fingerprint density at radius 3 is 2.52 bits per heavy atom. The number of benzene rings is 2. The number of hydrogen-bond acceptors (Lipinski definition) is 3. The van der Waals surface area contributed by atoms with E-state index in [0.717, 1.165) is 35.7 Å². The number of fused-ring (bicyclic) bond motifs is 1. The molecule has 1 amide bonds. The minimum Gasteiger partial charge on any atom is -0.343 e. The molecule has 0 saturated heterocycles. The predicted octanol–water partition coefficient (Wildman–Crippen LogP) is 3.56. The zero-order chi connectivity index (χ0) is 22.0. The summed E-state index contributed by atoms with van der Waals surface area (Å²) in [6.45, 7) is 0.980. The highest BCUT2D eigenvalue weighted by atomic mass is 19.1. The first-order valence-corrected chi connectivity index (χ1v) is 10.4. The summed E-state index contributed by atoms with van der Waals surface area (Å²) < 4.78 is 28.9. The van der Waals surface area contributed by atoms with Gasteiger partial charge in [0, 0.05) is 44.0 Å². The van der Waals surface area contributed by atoms with E-state index in [-0.39, 0.29) is 11.9 Å². The van der Waals surface area contributed by atoms with Gasteiger partial charge in [-0.2, -0.15) is 5.10 Å². The van der Waals surface area contributed by atoms with Gasteiger partial charge in [0.05, 0.1) is 6.54 Å². The van der Waals surface area contributed by atoms with Crippen LogP contribution in [-0.2, 0) is 25.9 Å². The van der Waals surface area contributed by atoms with E-state index in [1.54, 1.807) is 19.0 Å². The van der Waals surface area contributed by atoms with Gasteiger partial charge in [0.2, 0.25) is 0 Å². The second-order valence-corrected chi connectivity index (χ2v) is 8.22. The number of aromatic nitrogens is 2. The van der Waals surface area contributed by atoms with Gasteiger partial charge in [0.1, 0.15) is 11.6 Å². The van der Waals surface area contributed by atoms with Crippen LogP contribution in [0.15, 0.2) is 48.5 Å². The third-order valence-corrected chi connectivity index (χ3v) is 5.65. The maximum absolute atomic E-state index is 13.5. The Morgan fingerprint density at radius 2 is 1.84 bits per heavy atom. The molecule has 5 nitrogen and oxygen atoms in total. The van der Waals surface area contributed by atoms with Gasteiger partial charge in [-0.25, -0.2) is 8.78 Å². The highest BCUT2D eigenvalue weighted by molar-refractivity contribution is 5.93.